The van der Waals surface area contributed by atoms with E-state index in [1.807, 2.05) is 5.32 Å². The van der Waals surface area contributed by atoms with Crippen LogP contribution in [0.4, 0.5) is 32.0 Å². The summed E-state index contributed by atoms with van der Waals surface area (Å²) in [5, 5.41) is 12.1. The van der Waals surface area contributed by atoms with Crippen LogP contribution >= 0.6 is 0 Å². The summed E-state index contributed by atoms with van der Waals surface area (Å²) in [5.41, 5.74) is -2.56. The van der Waals surface area contributed by atoms with Crippen LogP contribution in [0.1, 0.15) is 32.6 Å². The van der Waals surface area contributed by atoms with Gasteiger partial charge in [0, 0.05) is 5.69 Å². The van der Waals surface area contributed by atoms with E-state index in [0.29, 0.717) is 23.3 Å². The maximum Gasteiger partial charge on any atom is 0.416 e. The van der Waals surface area contributed by atoms with Crippen molar-refractivity contribution in [2.75, 3.05) is 5.32 Å². The van der Waals surface area contributed by atoms with Gasteiger partial charge in [-0.25, -0.2) is 0 Å². The van der Waals surface area contributed by atoms with E-state index >= 15 is 0 Å². The Morgan fingerprint density at radius 3 is 1.88 bits per heavy atom. The summed E-state index contributed by atoms with van der Waals surface area (Å²) in [6, 6.07) is 13.5. The van der Waals surface area contributed by atoms with Crippen molar-refractivity contribution in [3.8, 4) is 5.75 Å². The molecule has 0 radical (unpaired) electrons. The third-order valence-electron chi connectivity index (χ3n) is 4.56. The minimum Gasteiger partial charge on any atom is -0.507 e. The first kappa shape index (κ1) is 22.9. The zero-order valence-electron chi connectivity index (χ0n) is 16.2. The van der Waals surface area contributed by atoms with Crippen molar-refractivity contribution >= 4 is 17.2 Å². The molecule has 0 aromatic heterocycles. The molecule has 0 bridgehead atoms. The maximum atomic E-state index is 13.0. The van der Waals surface area contributed by atoms with Crippen molar-refractivity contribution < 1.29 is 36.2 Å². The number of carbonyl (C=O) groups excluding carboxylic acids is 1. The third-order valence-corrected chi connectivity index (χ3v) is 4.56. The van der Waals surface area contributed by atoms with Crippen LogP contribution in [0.25, 0.3) is 5.57 Å². The zero-order chi connectivity index (χ0) is 23.7. The summed E-state index contributed by atoms with van der Waals surface area (Å²) in [6.45, 7) is 3.92. The molecule has 0 unspecified atom stereocenters. The Labute approximate surface area is 178 Å². The van der Waals surface area contributed by atoms with Gasteiger partial charge < -0.3 is 10.4 Å². The van der Waals surface area contributed by atoms with E-state index in [0.717, 1.165) is 5.56 Å². The highest BCUT2D eigenvalue weighted by atomic mass is 19.4. The van der Waals surface area contributed by atoms with E-state index in [1.165, 1.54) is 18.2 Å². The Kier molecular flexibility index (Phi) is 6.03. The normalized spacial score (nSPS) is 11.8. The number of nitrogens with one attached hydrogen (secondary N) is 1. The molecule has 0 saturated carbocycles. The molecule has 166 valence electrons. The second-order valence-electron chi connectivity index (χ2n) is 6.83. The second kappa shape index (κ2) is 8.41. The molecule has 1 amide bonds. The fourth-order valence-electron chi connectivity index (χ4n) is 2.94. The molecule has 9 heteroatoms. The minimum absolute atomic E-state index is 0.0440. The van der Waals surface area contributed by atoms with Gasteiger partial charge in [-0.05, 0) is 47.0 Å². The molecular weight excluding hydrogens is 436 g/mol. The highest BCUT2D eigenvalue weighted by Crippen LogP contribution is 2.38. The van der Waals surface area contributed by atoms with E-state index in [9.17, 15) is 36.2 Å². The molecule has 0 aliphatic heterocycles. The lowest BCUT2D eigenvalue weighted by molar-refractivity contribution is -0.143. The highest BCUT2D eigenvalue weighted by molar-refractivity contribution is 6.07. The van der Waals surface area contributed by atoms with Gasteiger partial charge in [-0.2, -0.15) is 26.3 Å². The first-order valence-corrected chi connectivity index (χ1v) is 9.05. The number of carbonyl (C=O) groups is 1. The van der Waals surface area contributed by atoms with Gasteiger partial charge in [0.2, 0.25) is 0 Å². The van der Waals surface area contributed by atoms with E-state index < -0.39 is 40.8 Å². The second-order valence-corrected chi connectivity index (χ2v) is 6.83. The lowest BCUT2D eigenvalue weighted by Gasteiger charge is -2.15. The van der Waals surface area contributed by atoms with Crippen LogP contribution < -0.4 is 5.32 Å². The fraction of sp³-hybridized carbons (Fsp3) is 0.0870. The van der Waals surface area contributed by atoms with Gasteiger partial charge in [0.25, 0.3) is 5.91 Å². The molecule has 0 atom stereocenters. The first-order valence-electron chi connectivity index (χ1n) is 9.05. The summed E-state index contributed by atoms with van der Waals surface area (Å²) in [5.74, 6) is -1.59. The Bertz CT molecular complexity index is 1140. The van der Waals surface area contributed by atoms with Gasteiger partial charge in [0.1, 0.15) is 5.75 Å². The average molecular weight is 451 g/mol. The van der Waals surface area contributed by atoms with Crippen molar-refractivity contribution in [1.82, 2.24) is 0 Å². The number of phenolic OH excluding ortho intramolecular Hbond substituents is 1. The molecule has 0 aliphatic carbocycles. The van der Waals surface area contributed by atoms with Crippen LogP contribution in [-0.4, -0.2) is 11.0 Å². The number of benzene rings is 3. The smallest absolute Gasteiger partial charge is 0.416 e. The summed E-state index contributed by atoms with van der Waals surface area (Å²) in [6.07, 6.45) is -10.1. The standard InChI is InChI=1S/C23H15F6NO2/c1-13(14-5-3-2-4-6-14)15-7-8-20(31)19(9-15)21(32)30-18-11-16(22(24,25)26)10-17(12-18)23(27,28)29/h2-12,31H,1H2,(H,30,32). The number of halogens is 6. The zero-order valence-corrected chi connectivity index (χ0v) is 16.2. The predicted octanol–water partition coefficient (Wildman–Crippen LogP) is 6.74. The van der Waals surface area contributed by atoms with E-state index in [4.69, 9.17) is 0 Å². The van der Waals surface area contributed by atoms with Crippen molar-refractivity contribution in [3.63, 3.8) is 0 Å². The van der Waals surface area contributed by atoms with Gasteiger partial charge in [0.15, 0.2) is 0 Å². The number of rotatable bonds is 4. The van der Waals surface area contributed by atoms with Gasteiger partial charge in [0.05, 0.1) is 16.7 Å². The molecular formula is C23H15F6NO2. The number of anilines is 1. The third kappa shape index (κ3) is 5.11. The number of phenols is 1. The lowest BCUT2D eigenvalue weighted by atomic mass is 9.97. The fourth-order valence-corrected chi connectivity index (χ4v) is 2.94. The SMILES string of the molecule is C=C(c1ccccc1)c1ccc(O)c(C(=O)Nc2cc(C(F)(F)F)cc(C(F)(F)F)c2)c1. The summed E-state index contributed by atoms with van der Waals surface area (Å²) in [7, 11) is 0. The number of amides is 1. The molecule has 0 fully saturated rings. The molecule has 0 heterocycles. The molecule has 3 aromatic carbocycles. The molecule has 32 heavy (non-hydrogen) atoms. The number of aromatic hydroxyl groups is 1. The molecule has 0 saturated heterocycles. The number of alkyl halides is 6. The molecule has 0 spiro atoms. The largest absolute Gasteiger partial charge is 0.507 e. The molecule has 0 aliphatic rings. The topological polar surface area (TPSA) is 49.3 Å². The lowest BCUT2D eigenvalue weighted by Crippen LogP contribution is -2.16. The maximum absolute atomic E-state index is 13.0. The van der Waals surface area contributed by atoms with Crippen molar-refractivity contribution in [1.29, 1.82) is 0 Å². The van der Waals surface area contributed by atoms with Crippen molar-refractivity contribution in [2.45, 2.75) is 12.4 Å². The van der Waals surface area contributed by atoms with Gasteiger partial charge >= 0.3 is 12.4 Å². The monoisotopic (exact) mass is 451 g/mol. The van der Waals surface area contributed by atoms with Crippen LogP contribution in [-0.2, 0) is 12.4 Å². The highest BCUT2D eigenvalue weighted by Gasteiger charge is 2.37. The first-order chi connectivity index (χ1) is 14.9. The number of hydrogen-bond donors (Lipinski definition) is 2. The van der Waals surface area contributed by atoms with Crippen LogP contribution in [0.15, 0.2) is 73.3 Å². The van der Waals surface area contributed by atoms with Crippen molar-refractivity contribution in [2.24, 2.45) is 0 Å². The molecule has 3 rings (SSSR count). The van der Waals surface area contributed by atoms with Crippen LogP contribution in [0.5, 0.6) is 5.75 Å². The van der Waals surface area contributed by atoms with E-state index in [2.05, 4.69) is 6.58 Å². The predicted molar refractivity (Wildman–Crippen MR) is 107 cm³/mol. The van der Waals surface area contributed by atoms with Gasteiger partial charge in [-0.15, -0.1) is 0 Å². The Balaban J connectivity index is 1.96. The van der Waals surface area contributed by atoms with E-state index in [1.54, 1.807) is 30.3 Å². The van der Waals surface area contributed by atoms with E-state index in [-0.39, 0.29) is 11.6 Å². The van der Waals surface area contributed by atoms with Crippen LogP contribution in [0.2, 0.25) is 0 Å². The Morgan fingerprint density at radius 1 is 0.781 bits per heavy atom. The van der Waals surface area contributed by atoms with Crippen molar-refractivity contribution in [3.05, 3.63) is 101 Å². The van der Waals surface area contributed by atoms with Gasteiger partial charge in [-0.1, -0.05) is 43.0 Å². The molecule has 3 aromatic rings. The minimum atomic E-state index is -5.06. The van der Waals surface area contributed by atoms with Crippen LogP contribution in [0, 0.1) is 0 Å². The summed E-state index contributed by atoms with van der Waals surface area (Å²) >= 11 is 0. The molecule has 3 nitrogen and oxygen atoms in total. The van der Waals surface area contributed by atoms with Gasteiger partial charge in [-0.3, -0.25) is 4.79 Å². The quantitative estimate of drug-likeness (QED) is 0.432. The molecule has 2 N–H and O–H groups in total. The number of hydrogen-bond acceptors (Lipinski definition) is 2. The average Bonchev–Trinajstić information content (AvgIpc) is 2.72. The Hall–Kier alpha value is -3.75. The van der Waals surface area contributed by atoms with Crippen LogP contribution in [0.3, 0.4) is 0 Å². The summed E-state index contributed by atoms with van der Waals surface area (Å²) < 4.78 is 78.2. The summed E-state index contributed by atoms with van der Waals surface area (Å²) in [4.78, 5) is 12.6. The Morgan fingerprint density at radius 2 is 1.34 bits per heavy atom.